The normalized spacial score (nSPS) is 24.2. The number of halogens is 3. The molecule has 1 unspecified atom stereocenters. The third kappa shape index (κ3) is 3.95. The molecule has 2 aromatic heterocycles. The first-order valence-corrected chi connectivity index (χ1v) is 14.2. The van der Waals surface area contributed by atoms with Gasteiger partial charge in [-0.2, -0.15) is 0 Å². The minimum absolute atomic E-state index is 0.127. The van der Waals surface area contributed by atoms with Crippen molar-refractivity contribution < 1.29 is 18.3 Å². The van der Waals surface area contributed by atoms with E-state index in [-0.39, 0.29) is 18.9 Å². The number of alkyl halides is 2. The smallest absolute Gasteiger partial charge is 0.407 e. The van der Waals surface area contributed by atoms with Gasteiger partial charge in [0.1, 0.15) is 22.5 Å². The standard InChI is InChI=1S/C27H26ClF2N5O2S/c1-14-33-34-24-26(9-10-26)32-22(17-6-2-3-7-19(17)28)21-18-11-16(12-20(18)38-23(21)35(14)24)37-25(36)31-15-5-4-8-27(29,30)13-15/h2-3,6-7,15-16H,4-5,8-13H2,1H3,(H,31,36)/t15?,16-/m0/s1. The Balaban J connectivity index is 1.22. The second-order valence-electron chi connectivity index (χ2n) is 10.8. The van der Waals surface area contributed by atoms with E-state index in [1.54, 1.807) is 11.3 Å². The van der Waals surface area contributed by atoms with Crippen LogP contribution in [0, 0.1) is 6.92 Å². The average Bonchev–Trinajstić information content (AvgIpc) is 3.22. The lowest BCUT2D eigenvalue weighted by atomic mass is 9.92. The van der Waals surface area contributed by atoms with Crippen LogP contribution in [0.2, 0.25) is 5.02 Å². The fourth-order valence-electron chi connectivity index (χ4n) is 6.05. The van der Waals surface area contributed by atoms with Crippen molar-refractivity contribution >= 4 is 34.7 Å². The van der Waals surface area contributed by atoms with Gasteiger partial charge in [-0.1, -0.05) is 29.8 Å². The topological polar surface area (TPSA) is 81.4 Å². The van der Waals surface area contributed by atoms with Crippen LogP contribution in [-0.2, 0) is 23.1 Å². The van der Waals surface area contributed by atoms with Crippen LogP contribution < -0.4 is 5.32 Å². The number of nitrogens with zero attached hydrogens (tertiary/aromatic N) is 4. The Kier molecular flexibility index (Phi) is 5.46. The minimum atomic E-state index is -2.74. The molecule has 1 aromatic carbocycles. The van der Waals surface area contributed by atoms with E-state index in [1.807, 2.05) is 31.2 Å². The first-order chi connectivity index (χ1) is 18.2. The lowest BCUT2D eigenvalue weighted by Crippen LogP contribution is -2.43. The molecule has 0 saturated heterocycles. The third-order valence-electron chi connectivity index (χ3n) is 8.01. The molecule has 0 bridgehead atoms. The molecular formula is C27H26ClF2N5O2S. The molecule has 7 nitrogen and oxygen atoms in total. The van der Waals surface area contributed by atoms with Gasteiger partial charge in [0, 0.05) is 52.8 Å². The van der Waals surface area contributed by atoms with Crippen molar-refractivity contribution in [2.45, 2.75) is 81.9 Å². The highest BCUT2D eigenvalue weighted by Crippen LogP contribution is 2.54. The molecule has 4 aliphatic rings. The summed E-state index contributed by atoms with van der Waals surface area (Å²) in [5.41, 5.74) is 3.35. The number of hydrogen-bond acceptors (Lipinski definition) is 6. The lowest BCUT2D eigenvalue weighted by molar-refractivity contribution is -0.0439. The Labute approximate surface area is 227 Å². The molecule has 3 aliphatic carbocycles. The van der Waals surface area contributed by atoms with E-state index in [2.05, 4.69) is 20.1 Å². The lowest BCUT2D eigenvalue weighted by Gasteiger charge is -2.29. The number of rotatable bonds is 3. The van der Waals surface area contributed by atoms with Crippen molar-refractivity contribution in [2.75, 3.05) is 0 Å². The number of amides is 1. The number of nitrogens with one attached hydrogen (secondary N) is 1. The fraction of sp³-hybridized carbons (Fsp3) is 0.481. The van der Waals surface area contributed by atoms with Crippen LogP contribution >= 0.6 is 22.9 Å². The molecule has 38 heavy (non-hydrogen) atoms. The summed E-state index contributed by atoms with van der Waals surface area (Å²) in [5.74, 6) is -1.08. The summed E-state index contributed by atoms with van der Waals surface area (Å²) in [4.78, 5) is 19.1. The molecular weight excluding hydrogens is 532 g/mol. The van der Waals surface area contributed by atoms with Gasteiger partial charge < -0.3 is 10.1 Å². The number of alkyl carbamates (subject to hydrolysis) is 1. The van der Waals surface area contributed by atoms with Crippen LogP contribution in [0.3, 0.4) is 0 Å². The van der Waals surface area contributed by atoms with Gasteiger partial charge in [-0.3, -0.25) is 9.56 Å². The van der Waals surface area contributed by atoms with Crippen molar-refractivity contribution in [3.63, 3.8) is 0 Å². The van der Waals surface area contributed by atoms with E-state index in [9.17, 15) is 13.6 Å². The molecule has 11 heteroatoms. The molecule has 1 spiro atoms. The number of ether oxygens (including phenoxy) is 1. The monoisotopic (exact) mass is 557 g/mol. The number of hydrogen-bond donors (Lipinski definition) is 1. The summed E-state index contributed by atoms with van der Waals surface area (Å²) in [7, 11) is 0. The van der Waals surface area contributed by atoms with E-state index in [0.29, 0.717) is 30.7 Å². The predicted molar refractivity (Wildman–Crippen MR) is 140 cm³/mol. The van der Waals surface area contributed by atoms with E-state index in [0.717, 1.165) is 56.8 Å². The van der Waals surface area contributed by atoms with E-state index >= 15 is 0 Å². The van der Waals surface area contributed by atoms with Gasteiger partial charge in [0.2, 0.25) is 5.92 Å². The molecule has 1 amide bonds. The van der Waals surface area contributed by atoms with Crippen LogP contribution in [0.4, 0.5) is 13.6 Å². The number of aryl methyl sites for hydroxylation is 1. The summed E-state index contributed by atoms with van der Waals surface area (Å²) in [5, 5.41) is 13.2. The van der Waals surface area contributed by atoms with E-state index < -0.39 is 23.6 Å². The van der Waals surface area contributed by atoms with E-state index in [1.165, 1.54) is 0 Å². The SMILES string of the molecule is Cc1nnc2n1-c1sc3c(c1C(c1ccccc1Cl)=NC21CC1)C[C@H](OC(=O)NC1CCCC(F)(F)C1)C3. The number of carbonyl (C=O) groups excluding carboxylic acids is 1. The maximum absolute atomic E-state index is 13.8. The Hall–Kier alpha value is -2.85. The van der Waals surface area contributed by atoms with Crippen molar-refractivity contribution in [1.82, 2.24) is 20.1 Å². The second-order valence-corrected chi connectivity index (χ2v) is 12.3. The maximum Gasteiger partial charge on any atom is 0.407 e. The molecule has 3 aromatic rings. The number of fused-ring (bicyclic) bond motifs is 6. The number of aromatic nitrogens is 3. The van der Waals surface area contributed by atoms with Gasteiger partial charge in [-0.25, -0.2) is 13.6 Å². The highest BCUT2D eigenvalue weighted by molar-refractivity contribution is 7.15. The van der Waals surface area contributed by atoms with E-state index in [4.69, 9.17) is 21.3 Å². The highest BCUT2D eigenvalue weighted by atomic mass is 35.5. The summed E-state index contributed by atoms with van der Waals surface area (Å²) in [6.07, 6.45) is 2.31. The van der Waals surface area contributed by atoms with Gasteiger partial charge in [-0.15, -0.1) is 21.5 Å². The zero-order valence-electron chi connectivity index (χ0n) is 20.8. The Morgan fingerprint density at radius 1 is 1.21 bits per heavy atom. The number of benzene rings is 1. The van der Waals surface area contributed by atoms with Crippen LogP contribution in [0.5, 0.6) is 0 Å². The van der Waals surface area contributed by atoms with Gasteiger partial charge in [-0.05, 0) is 44.2 Å². The zero-order valence-corrected chi connectivity index (χ0v) is 22.3. The van der Waals surface area contributed by atoms with Crippen LogP contribution in [0.1, 0.15) is 71.7 Å². The van der Waals surface area contributed by atoms with Gasteiger partial charge >= 0.3 is 6.09 Å². The van der Waals surface area contributed by atoms with Crippen LogP contribution in [0.15, 0.2) is 29.3 Å². The molecule has 2 fully saturated rings. The number of aliphatic imine (C=N–C) groups is 1. The maximum atomic E-state index is 13.8. The molecule has 198 valence electrons. The number of carbonyl (C=O) groups is 1. The minimum Gasteiger partial charge on any atom is -0.446 e. The van der Waals surface area contributed by atoms with Crippen molar-refractivity contribution in [3.05, 3.63) is 62.5 Å². The quantitative estimate of drug-likeness (QED) is 0.434. The molecule has 2 saturated carbocycles. The van der Waals surface area contributed by atoms with Crippen LogP contribution in [0.25, 0.3) is 5.00 Å². The Bertz CT molecular complexity index is 1490. The van der Waals surface area contributed by atoms with Crippen molar-refractivity contribution in [2.24, 2.45) is 4.99 Å². The van der Waals surface area contributed by atoms with Crippen LogP contribution in [-0.4, -0.2) is 44.6 Å². The largest absolute Gasteiger partial charge is 0.446 e. The second kappa shape index (κ2) is 8.58. The average molecular weight is 558 g/mol. The summed E-state index contributed by atoms with van der Waals surface area (Å²) in [6.45, 7) is 1.95. The highest BCUT2D eigenvalue weighted by Gasteiger charge is 2.52. The summed E-state index contributed by atoms with van der Waals surface area (Å²) < 4.78 is 35.5. The molecule has 1 N–H and O–H groups in total. The summed E-state index contributed by atoms with van der Waals surface area (Å²) in [6, 6.07) is 7.14. The molecule has 0 radical (unpaired) electrons. The van der Waals surface area contributed by atoms with Crippen molar-refractivity contribution in [1.29, 1.82) is 0 Å². The first-order valence-electron chi connectivity index (χ1n) is 13.0. The summed E-state index contributed by atoms with van der Waals surface area (Å²) >= 11 is 8.34. The zero-order chi connectivity index (χ0) is 26.2. The molecule has 2 atom stereocenters. The Morgan fingerprint density at radius 3 is 2.79 bits per heavy atom. The molecule has 1 aliphatic heterocycles. The Morgan fingerprint density at radius 2 is 2.03 bits per heavy atom. The first kappa shape index (κ1) is 24.2. The van der Waals surface area contributed by atoms with Gasteiger partial charge in [0.25, 0.3) is 0 Å². The van der Waals surface area contributed by atoms with Gasteiger partial charge in [0.05, 0.1) is 5.71 Å². The van der Waals surface area contributed by atoms with Gasteiger partial charge in [0.15, 0.2) is 5.82 Å². The molecule has 7 rings (SSSR count). The third-order valence-corrected chi connectivity index (χ3v) is 9.58. The van der Waals surface area contributed by atoms with Crippen molar-refractivity contribution in [3.8, 4) is 5.00 Å². The molecule has 3 heterocycles. The fourth-order valence-corrected chi connectivity index (χ4v) is 7.71. The predicted octanol–water partition coefficient (Wildman–Crippen LogP) is 5.90. The number of thiophene rings is 1.